The van der Waals surface area contributed by atoms with Crippen LogP contribution in [0.2, 0.25) is 0 Å². The molecule has 1 amide bonds. The molecule has 0 aromatic heterocycles. The quantitative estimate of drug-likeness (QED) is 0.721. The van der Waals surface area contributed by atoms with Gasteiger partial charge < -0.3 is 20.3 Å². The normalized spacial score (nSPS) is 24.2. The van der Waals surface area contributed by atoms with Gasteiger partial charge in [-0.1, -0.05) is 43.2 Å². The van der Waals surface area contributed by atoms with Crippen LogP contribution in [0.15, 0.2) is 30.3 Å². The lowest BCUT2D eigenvalue weighted by Crippen LogP contribution is -2.51. The number of amides is 1. The molecule has 0 saturated heterocycles. The molecule has 23 heavy (non-hydrogen) atoms. The number of carbonyl (C=O) groups excluding carboxylic acids is 1. The summed E-state index contributed by atoms with van der Waals surface area (Å²) < 4.78 is 5.29. The van der Waals surface area contributed by atoms with Crippen LogP contribution in [0.5, 0.6) is 0 Å². The summed E-state index contributed by atoms with van der Waals surface area (Å²) >= 11 is 0. The minimum absolute atomic E-state index is 0.0244. The fourth-order valence-electron chi connectivity index (χ4n) is 3.44. The van der Waals surface area contributed by atoms with Crippen molar-refractivity contribution in [3.05, 3.63) is 35.9 Å². The topological polar surface area (TPSA) is 78.8 Å². The van der Waals surface area contributed by atoms with E-state index in [1.807, 2.05) is 30.3 Å². The summed E-state index contributed by atoms with van der Waals surface area (Å²) in [6, 6.07) is 9.45. The Labute approximate surface area is 137 Å². The number of alkyl carbamates (subject to hydrolysis) is 1. The summed E-state index contributed by atoms with van der Waals surface area (Å²) in [5.41, 5.74) is 0.604. The SMILES string of the molecule is O=C(N[C@@H]1CCCC[C@]1(CO)CCCO)OCc1ccccc1. The van der Waals surface area contributed by atoms with E-state index < -0.39 is 6.09 Å². The van der Waals surface area contributed by atoms with E-state index in [9.17, 15) is 9.90 Å². The summed E-state index contributed by atoms with van der Waals surface area (Å²) in [5.74, 6) is 0. The second kappa shape index (κ2) is 8.89. The molecular weight excluding hydrogens is 294 g/mol. The van der Waals surface area contributed by atoms with Gasteiger partial charge in [-0.05, 0) is 31.2 Å². The second-order valence-corrected chi connectivity index (χ2v) is 6.35. The standard InChI is InChI=1S/C18H27NO4/c20-12-6-11-18(14-21)10-5-4-9-16(18)19-17(22)23-13-15-7-2-1-3-8-15/h1-3,7-8,16,20-21H,4-6,9-14H2,(H,19,22)/t16-,18-/m1/s1. The zero-order valence-corrected chi connectivity index (χ0v) is 13.5. The van der Waals surface area contributed by atoms with Crippen LogP contribution in [0.1, 0.15) is 44.1 Å². The third kappa shape index (κ3) is 4.94. The lowest BCUT2D eigenvalue weighted by molar-refractivity contribution is 0.0287. The van der Waals surface area contributed by atoms with Gasteiger partial charge in [-0.3, -0.25) is 0 Å². The highest BCUT2D eigenvalue weighted by Crippen LogP contribution is 2.40. The fraction of sp³-hybridized carbons (Fsp3) is 0.611. The van der Waals surface area contributed by atoms with Crippen LogP contribution in [0, 0.1) is 5.41 Å². The number of benzene rings is 1. The molecule has 128 valence electrons. The number of aliphatic hydroxyl groups excluding tert-OH is 2. The summed E-state index contributed by atoms with van der Waals surface area (Å²) in [5, 5.41) is 21.9. The van der Waals surface area contributed by atoms with Gasteiger partial charge in [0.05, 0.1) is 6.61 Å². The maximum atomic E-state index is 12.1. The number of nitrogens with one attached hydrogen (secondary N) is 1. The first-order valence-electron chi connectivity index (χ1n) is 8.39. The predicted molar refractivity (Wildman–Crippen MR) is 87.9 cm³/mol. The third-order valence-corrected chi connectivity index (χ3v) is 4.81. The van der Waals surface area contributed by atoms with Crippen molar-refractivity contribution in [2.24, 2.45) is 5.41 Å². The Morgan fingerprint density at radius 3 is 2.74 bits per heavy atom. The zero-order chi connectivity index (χ0) is 16.5. The van der Waals surface area contributed by atoms with Crippen LogP contribution in [-0.4, -0.2) is 35.6 Å². The van der Waals surface area contributed by atoms with E-state index in [-0.39, 0.29) is 31.3 Å². The molecule has 0 radical (unpaired) electrons. The summed E-state index contributed by atoms with van der Waals surface area (Å²) in [7, 11) is 0. The number of hydrogen-bond donors (Lipinski definition) is 3. The van der Waals surface area contributed by atoms with Crippen molar-refractivity contribution in [2.75, 3.05) is 13.2 Å². The first-order valence-corrected chi connectivity index (χ1v) is 8.39. The van der Waals surface area contributed by atoms with Gasteiger partial charge in [0.1, 0.15) is 6.61 Å². The van der Waals surface area contributed by atoms with Crippen LogP contribution in [0.3, 0.4) is 0 Å². The van der Waals surface area contributed by atoms with Crippen molar-refractivity contribution in [2.45, 2.75) is 51.2 Å². The third-order valence-electron chi connectivity index (χ3n) is 4.81. The molecule has 2 rings (SSSR count). The van der Waals surface area contributed by atoms with Gasteiger partial charge in [0.2, 0.25) is 0 Å². The molecule has 0 spiro atoms. The first-order chi connectivity index (χ1) is 11.2. The highest BCUT2D eigenvalue weighted by molar-refractivity contribution is 5.67. The Morgan fingerprint density at radius 2 is 2.04 bits per heavy atom. The van der Waals surface area contributed by atoms with Crippen molar-refractivity contribution in [3.63, 3.8) is 0 Å². The van der Waals surface area contributed by atoms with Gasteiger partial charge in [0.15, 0.2) is 0 Å². The monoisotopic (exact) mass is 321 g/mol. The minimum Gasteiger partial charge on any atom is -0.445 e. The van der Waals surface area contributed by atoms with E-state index >= 15 is 0 Å². The van der Waals surface area contributed by atoms with Crippen LogP contribution in [-0.2, 0) is 11.3 Å². The molecule has 1 aromatic carbocycles. The van der Waals surface area contributed by atoms with E-state index in [0.29, 0.717) is 12.8 Å². The van der Waals surface area contributed by atoms with Crippen LogP contribution < -0.4 is 5.32 Å². The molecule has 5 heteroatoms. The molecule has 1 saturated carbocycles. The second-order valence-electron chi connectivity index (χ2n) is 6.35. The van der Waals surface area contributed by atoms with Gasteiger partial charge in [0.25, 0.3) is 0 Å². The van der Waals surface area contributed by atoms with E-state index in [2.05, 4.69) is 5.32 Å². The Hall–Kier alpha value is -1.59. The van der Waals surface area contributed by atoms with E-state index in [4.69, 9.17) is 9.84 Å². The average molecular weight is 321 g/mol. The number of carbonyl (C=O) groups is 1. The smallest absolute Gasteiger partial charge is 0.407 e. The molecule has 1 fully saturated rings. The lowest BCUT2D eigenvalue weighted by atomic mass is 9.68. The summed E-state index contributed by atoms with van der Waals surface area (Å²) in [6.07, 6.45) is 4.69. The molecule has 0 heterocycles. The van der Waals surface area contributed by atoms with Gasteiger partial charge in [-0.25, -0.2) is 4.79 Å². The van der Waals surface area contributed by atoms with Gasteiger partial charge >= 0.3 is 6.09 Å². The lowest BCUT2D eigenvalue weighted by Gasteiger charge is -2.43. The Morgan fingerprint density at radius 1 is 1.26 bits per heavy atom. The van der Waals surface area contributed by atoms with Crippen molar-refractivity contribution in [1.29, 1.82) is 0 Å². The van der Waals surface area contributed by atoms with Crippen molar-refractivity contribution in [1.82, 2.24) is 5.32 Å². The molecule has 3 N–H and O–H groups in total. The van der Waals surface area contributed by atoms with Crippen molar-refractivity contribution in [3.8, 4) is 0 Å². The molecule has 0 unspecified atom stereocenters. The number of rotatable bonds is 7. The summed E-state index contributed by atoms with van der Waals surface area (Å²) in [4.78, 5) is 12.1. The Kier molecular flexibility index (Phi) is 6.86. The van der Waals surface area contributed by atoms with Gasteiger partial charge in [-0.15, -0.1) is 0 Å². The van der Waals surface area contributed by atoms with Crippen LogP contribution in [0.25, 0.3) is 0 Å². The van der Waals surface area contributed by atoms with Crippen LogP contribution in [0.4, 0.5) is 4.79 Å². The summed E-state index contributed by atoms with van der Waals surface area (Å²) in [6.45, 7) is 0.367. The number of ether oxygens (including phenoxy) is 1. The van der Waals surface area contributed by atoms with E-state index in [0.717, 1.165) is 31.2 Å². The van der Waals surface area contributed by atoms with Crippen LogP contribution >= 0.6 is 0 Å². The fourth-order valence-corrected chi connectivity index (χ4v) is 3.44. The minimum atomic E-state index is -0.442. The Bertz CT molecular complexity index is 479. The molecule has 1 aromatic rings. The highest BCUT2D eigenvalue weighted by Gasteiger charge is 2.40. The molecule has 5 nitrogen and oxygen atoms in total. The maximum absolute atomic E-state index is 12.1. The number of aliphatic hydroxyl groups is 2. The predicted octanol–water partition coefficient (Wildman–Crippen LogP) is 2.61. The first kappa shape index (κ1) is 17.8. The highest BCUT2D eigenvalue weighted by atomic mass is 16.5. The molecule has 1 aliphatic carbocycles. The zero-order valence-electron chi connectivity index (χ0n) is 13.5. The van der Waals surface area contributed by atoms with E-state index in [1.54, 1.807) is 0 Å². The number of hydrogen-bond acceptors (Lipinski definition) is 4. The Balaban J connectivity index is 1.91. The van der Waals surface area contributed by atoms with E-state index in [1.165, 1.54) is 0 Å². The van der Waals surface area contributed by atoms with Crippen molar-refractivity contribution >= 4 is 6.09 Å². The molecule has 2 atom stereocenters. The molecule has 0 bridgehead atoms. The van der Waals surface area contributed by atoms with Gasteiger partial charge in [0, 0.05) is 18.1 Å². The van der Waals surface area contributed by atoms with Crippen molar-refractivity contribution < 1.29 is 19.7 Å². The maximum Gasteiger partial charge on any atom is 0.407 e. The molecular formula is C18H27NO4. The van der Waals surface area contributed by atoms with Gasteiger partial charge in [-0.2, -0.15) is 0 Å². The molecule has 1 aliphatic rings. The molecule has 0 aliphatic heterocycles. The largest absolute Gasteiger partial charge is 0.445 e. The average Bonchev–Trinajstić information content (AvgIpc) is 2.60.